The summed E-state index contributed by atoms with van der Waals surface area (Å²) in [6.07, 6.45) is 2.57. The maximum atomic E-state index is 12.1. The predicted octanol–water partition coefficient (Wildman–Crippen LogP) is 3.06. The van der Waals surface area contributed by atoms with Gasteiger partial charge in [-0.05, 0) is 30.5 Å². The van der Waals surface area contributed by atoms with Crippen LogP contribution in [0, 0.1) is 13.8 Å². The van der Waals surface area contributed by atoms with Crippen molar-refractivity contribution in [2.45, 2.75) is 26.7 Å². The average molecular weight is 269 g/mol. The van der Waals surface area contributed by atoms with Crippen LogP contribution in [0.2, 0.25) is 0 Å². The van der Waals surface area contributed by atoms with Gasteiger partial charge in [0.25, 0.3) is 0 Å². The minimum atomic E-state index is 0.200. The molecule has 0 aliphatic heterocycles. The van der Waals surface area contributed by atoms with E-state index in [4.69, 9.17) is 4.74 Å². The fraction of sp³-hybridized carbons (Fsp3) is 0.294. The molecular weight excluding hydrogens is 250 g/mol. The van der Waals surface area contributed by atoms with Crippen LogP contribution in [0.1, 0.15) is 22.3 Å². The number of Topliss-reactive ketones (excluding diaryl/α,β-unsaturated/α-hetero) is 1. The summed E-state index contributed by atoms with van der Waals surface area (Å²) in [6, 6.07) is 9.87. The molecule has 1 aromatic carbocycles. The Bertz CT molecular complexity index is 603. The number of benzene rings is 1. The fourth-order valence-corrected chi connectivity index (χ4v) is 2.13. The van der Waals surface area contributed by atoms with E-state index in [9.17, 15) is 4.79 Å². The molecule has 0 radical (unpaired) electrons. The molecule has 0 bridgehead atoms. The zero-order valence-electron chi connectivity index (χ0n) is 12.1. The molecule has 0 atom stereocenters. The molecule has 0 spiro atoms. The van der Waals surface area contributed by atoms with Gasteiger partial charge < -0.3 is 4.74 Å². The first kappa shape index (κ1) is 14.3. The Labute approximate surface area is 119 Å². The van der Waals surface area contributed by atoms with E-state index in [1.807, 2.05) is 19.9 Å². The highest BCUT2D eigenvalue weighted by Crippen LogP contribution is 2.13. The third-order valence-corrected chi connectivity index (χ3v) is 3.30. The number of nitrogens with zero attached hydrogens (tertiary/aromatic N) is 1. The minimum Gasteiger partial charge on any atom is -0.481 e. The number of ether oxygens (including phenoxy) is 1. The van der Waals surface area contributed by atoms with Crippen LogP contribution < -0.4 is 4.74 Å². The van der Waals surface area contributed by atoms with E-state index in [-0.39, 0.29) is 5.78 Å². The lowest BCUT2D eigenvalue weighted by atomic mass is 9.98. The quantitative estimate of drug-likeness (QED) is 0.837. The number of aromatic nitrogens is 1. The molecule has 0 N–H and O–H groups in total. The summed E-state index contributed by atoms with van der Waals surface area (Å²) in [5.41, 5.74) is 4.37. The van der Waals surface area contributed by atoms with Crippen molar-refractivity contribution in [1.29, 1.82) is 0 Å². The number of carbonyl (C=O) groups is 1. The van der Waals surface area contributed by atoms with Crippen molar-refractivity contribution in [3.8, 4) is 5.88 Å². The lowest BCUT2D eigenvalue weighted by Gasteiger charge is -2.07. The van der Waals surface area contributed by atoms with Gasteiger partial charge in [-0.25, -0.2) is 4.98 Å². The van der Waals surface area contributed by atoms with E-state index in [1.165, 1.54) is 5.56 Å². The standard InChI is InChI=1S/C17H19NO2/c1-12-4-5-13(2)15(8-12)10-16(19)9-14-6-7-17(20-3)18-11-14/h4-8,11H,9-10H2,1-3H3. The van der Waals surface area contributed by atoms with Gasteiger partial charge in [0, 0.05) is 25.1 Å². The molecule has 104 valence electrons. The van der Waals surface area contributed by atoms with Gasteiger partial charge in [0.05, 0.1) is 7.11 Å². The lowest BCUT2D eigenvalue weighted by Crippen LogP contribution is -2.08. The van der Waals surface area contributed by atoms with Crippen molar-refractivity contribution in [3.63, 3.8) is 0 Å². The Kier molecular flexibility index (Phi) is 4.51. The number of hydrogen-bond acceptors (Lipinski definition) is 3. The smallest absolute Gasteiger partial charge is 0.212 e. The van der Waals surface area contributed by atoms with E-state index >= 15 is 0 Å². The van der Waals surface area contributed by atoms with Crippen LogP contribution in [0.3, 0.4) is 0 Å². The number of methoxy groups -OCH3 is 1. The Balaban J connectivity index is 2.03. The Morgan fingerprint density at radius 1 is 1.15 bits per heavy atom. The molecule has 0 aliphatic carbocycles. The zero-order valence-corrected chi connectivity index (χ0v) is 12.1. The largest absolute Gasteiger partial charge is 0.481 e. The summed E-state index contributed by atoms with van der Waals surface area (Å²) < 4.78 is 5.00. The molecule has 0 amide bonds. The van der Waals surface area contributed by atoms with E-state index in [0.717, 1.165) is 16.7 Å². The van der Waals surface area contributed by atoms with Gasteiger partial charge in [-0.2, -0.15) is 0 Å². The molecule has 0 aliphatic rings. The van der Waals surface area contributed by atoms with Crippen molar-refractivity contribution in [2.75, 3.05) is 7.11 Å². The second kappa shape index (κ2) is 6.33. The predicted molar refractivity (Wildman–Crippen MR) is 79.1 cm³/mol. The van der Waals surface area contributed by atoms with Crippen LogP contribution in [-0.4, -0.2) is 17.9 Å². The van der Waals surface area contributed by atoms with Gasteiger partial charge >= 0.3 is 0 Å². The van der Waals surface area contributed by atoms with Crippen LogP contribution in [-0.2, 0) is 17.6 Å². The van der Waals surface area contributed by atoms with Crippen LogP contribution >= 0.6 is 0 Å². The van der Waals surface area contributed by atoms with Gasteiger partial charge in [0.2, 0.25) is 5.88 Å². The highest BCUT2D eigenvalue weighted by Gasteiger charge is 2.08. The van der Waals surface area contributed by atoms with Crippen molar-refractivity contribution in [3.05, 3.63) is 58.8 Å². The normalized spacial score (nSPS) is 10.3. The van der Waals surface area contributed by atoms with E-state index < -0.39 is 0 Å². The third kappa shape index (κ3) is 3.67. The van der Waals surface area contributed by atoms with E-state index in [0.29, 0.717) is 18.7 Å². The lowest BCUT2D eigenvalue weighted by molar-refractivity contribution is -0.117. The van der Waals surface area contributed by atoms with Gasteiger partial charge in [0.1, 0.15) is 5.78 Å². The Morgan fingerprint density at radius 2 is 1.95 bits per heavy atom. The highest BCUT2D eigenvalue weighted by atomic mass is 16.5. The molecule has 2 rings (SSSR count). The van der Waals surface area contributed by atoms with Crippen LogP contribution in [0.4, 0.5) is 0 Å². The number of hydrogen-bond donors (Lipinski definition) is 0. The highest BCUT2D eigenvalue weighted by molar-refractivity contribution is 5.83. The van der Waals surface area contributed by atoms with Crippen molar-refractivity contribution < 1.29 is 9.53 Å². The Morgan fingerprint density at radius 3 is 2.60 bits per heavy atom. The van der Waals surface area contributed by atoms with E-state index in [1.54, 1.807) is 19.4 Å². The van der Waals surface area contributed by atoms with Gasteiger partial charge in [-0.3, -0.25) is 4.79 Å². The molecule has 1 heterocycles. The molecule has 0 fully saturated rings. The van der Waals surface area contributed by atoms with Crippen LogP contribution in [0.15, 0.2) is 36.5 Å². The summed E-state index contributed by atoms with van der Waals surface area (Å²) >= 11 is 0. The maximum absolute atomic E-state index is 12.1. The fourth-order valence-electron chi connectivity index (χ4n) is 2.13. The summed E-state index contributed by atoms with van der Waals surface area (Å²) in [5.74, 6) is 0.765. The van der Waals surface area contributed by atoms with Gasteiger partial charge in [-0.1, -0.05) is 29.8 Å². The first-order valence-corrected chi connectivity index (χ1v) is 6.65. The molecule has 3 nitrogen and oxygen atoms in total. The summed E-state index contributed by atoms with van der Waals surface area (Å²) in [4.78, 5) is 16.3. The SMILES string of the molecule is COc1ccc(CC(=O)Cc2cc(C)ccc2C)cn1. The maximum Gasteiger partial charge on any atom is 0.212 e. The number of pyridine rings is 1. The number of ketones is 1. The molecule has 2 aromatic rings. The van der Waals surface area contributed by atoms with Crippen LogP contribution in [0.25, 0.3) is 0 Å². The van der Waals surface area contributed by atoms with Crippen molar-refractivity contribution >= 4 is 5.78 Å². The molecule has 20 heavy (non-hydrogen) atoms. The summed E-state index contributed by atoms with van der Waals surface area (Å²) in [7, 11) is 1.58. The third-order valence-electron chi connectivity index (χ3n) is 3.30. The number of carbonyl (C=O) groups excluding carboxylic acids is 1. The van der Waals surface area contributed by atoms with Crippen LogP contribution in [0.5, 0.6) is 5.88 Å². The molecule has 1 aromatic heterocycles. The molecule has 3 heteroatoms. The van der Waals surface area contributed by atoms with E-state index in [2.05, 4.69) is 23.2 Å². The monoisotopic (exact) mass is 269 g/mol. The summed E-state index contributed by atoms with van der Waals surface area (Å²) in [5, 5.41) is 0. The number of rotatable bonds is 5. The average Bonchev–Trinajstić information content (AvgIpc) is 2.43. The second-order valence-electron chi connectivity index (χ2n) is 5.03. The first-order chi connectivity index (χ1) is 9.58. The first-order valence-electron chi connectivity index (χ1n) is 6.65. The molecule has 0 saturated heterocycles. The van der Waals surface area contributed by atoms with Gasteiger partial charge in [-0.15, -0.1) is 0 Å². The molecule has 0 unspecified atom stereocenters. The number of aryl methyl sites for hydroxylation is 2. The van der Waals surface area contributed by atoms with Gasteiger partial charge in [0.15, 0.2) is 0 Å². The molecular formula is C17H19NO2. The van der Waals surface area contributed by atoms with Crippen molar-refractivity contribution in [2.24, 2.45) is 0 Å². The topological polar surface area (TPSA) is 39.2 Å². The minimum absolute atomic E-state index is 0.200. The Hall–Kier alpha value is -2.16. The zero-order chi connectivity index (χ0) is 14.5. The summed E-state index contributed by atoms with van der Waals surface area (Å²) in [6.45, 7) is 4.08. The second-order valence-corrected chi connectivity index (χ2v) is 5.03. The van der Waals surface area contributed by atoms with Crippen molar-refractivity contribution in [1.82, 2.24) is 4.98 Å². The molecule has 0 saturated carbocycles.